The second-order valence-corrected chi connectivity index (χ2v) is 7.20. The van der Waals surface area contributed by atoms with Crippen molar-refractivity contribution >= 4 is 33.4 Å². The summed E-state index contributed by atoms with van der Waals surface area (Å²) in [5.74, 6) is -2.78. The molecule has 7 heteroatoms. The first kappa shape index (κ1) is 18.5. The van der Waals surface area contributed by atoms with E-state index < -0.39 is 23.6 Å². The van der Waals surface area contributed by atoms with Gasteiger partial charge in [0.05, 0.1) is 12.0 Å². The summed E-state index contributed by atoms with van der Waals surface area (Å²) < 4.78 is 27.3. The van der Waals surface area contributed by atoms with Crippen LogP contribution in [0.4, 0.5) is 14.5 Å². The van der Waals surface area contributed by atoms with Crippen molar-refractivity contribution in [3.63, 3.8) is 0 Å². The van der Waals surface area contributed by atoms with Gasteiger partial charge in [-0.2, -0.15) is 0 Å². The fraction of sp³-hybridized carbons (Fsp3) is 0.263. The number of amides is 2. The summed E-state index contributed by atoms with van der Waals surface area (Å²) in [6, 6.07) is 10.3. The van der Waals surface area contributed by atoms with Crippen LogP contribution in [0.2, 0.25) is 0 Å². The van der Waals surface area contributed by atoms with Crippen LogP contribution in [-0.4, -0.2) is 18.4 Å². The molecular weight excluding hydrogens is 406 g/mol. The van der Waals surface area contributed by atoms with Crippen LogP contribution in [0.1, 0.15) is 24.9 Å². The Hall–Kier alpha value is -2.28. The minimum atomic E-state index is -0.957. The van der Waals surface area contributed by atoms with E-state index in [1.165, 1.54) is 6.07 Å². The molecule has 1 N–H and O–H groups in total. The quantitative estimate of drug-likeness (QED) is 0.810. The fourth-order valence-corrected chi connectivity index (χ4v) is 3.21. The van der Waals surface area contributed by atoms with Crippen LogP contribution in [0.25, 0.3) is 0 Å². The Kier molecular flexibility index (Phi) is 5.36. The minimum Gasteiger partial charge on any atom is -0.349 e. The molecule has 1 aliphatic rings. The van der Waals surface area contributed by atoms with Gasteiger partial charge in [-0.1, -0.05) is 22.0 Å². The van der Waals surface area contributed by atoms with Gasteiger partial charge in [0.2, 0.25) is 11.8 Å². The van der Waals surface area contributed by atoms with E-state index >= 15 is 0 Å². The molecule has 0 spiro atoms. The molecule has 136 valence electrons. The summed E-state index contributed by atoms with van der Waals surface area (Å²) in [6.45, 7) is 1.98. The molecule has 3 rings (SSSR count). The highest BCUT2D eigenvalue weighted by molar-refractivity contribution is 9.10. The number of nitrogens with zero attached hydrogens (tertiary/aromatic N) is 1. The molecule has 2 amide bonds. The molecule has 2 aromatic rings. The van der Waals surface area contributed by atoms with Gasteiger partial charge in [-0.15, -0.1) is 0 Å². The first-order valence-electron chi connectivity index (χ1n) is 8.16. The number of carbonyl (C=O) groups excluding carboxylic acids is 2. The first-order valence-corrected chi connectivity index (χ1v) is 8.95. The highest BCUT2D eigenvalue weighted by atomic mass is 79.9. The monoisotopic (exact) mass is 422 g/mol. The van der Waals surface area contributed by atoms with Gasteiger partial charge in [-0.3, -0.25) is 9.59 Å². The normalized spacial score (nSPS) is 18.1. The topological polar surface area (TPSA) is 49.4 Å². The summed E-state index contributed by atoms with van der Waals surface area (Å²) in [6.07, 6.45) is 0.117. The Morgan fingerprint density at radius 1 is 1.19 bits per heavy atom. The third kappa shape index (κ3) is 3.93. The molecule has 2 aromatic carbocycles. The molecule has 1 saturated heterocycles. The summed E-state index contributed by atoms with van der Waals surface area (Å²) in [5, 5.41) is 2.77. The van der Waals surface area contributed by atoms with E-state index in [0.29, 0.717) is 5.56 Å². The first-order chi connectivity index (χ1) is 12.3. The lowest BCUT2D eigenvalue weighted by Crippen LogP contribution is -2.34. The molecule has 1 heterocycles. The van der Waals surface area contributed by atoms with Crippen molar-refractivity contribution in [1.82, 2.24) is 5.32 Å². The van der Waals surface area contributed by atoms with E-state index in [4.69, 9.17) is 0 Å². The number of rotatable bonds is 4. The van der Waals surface area contributed by atoms with E-state index in [9.17, 15) is 18.4 Å². The molecule has 26 heavy (non-hydrogen) atoms. The van der Waals surface area contributed by atoms with E-state index in [1.54, 1.807) is 11.8 Å². The maximum Gasteiger partial charge on any atom is 0.227 e. The van der Waals surface area contributed by atoms with E-state index in [1.807, 2.05) is 24.3 Å². The highest BCUT2D eigenvalue weighted by Gasteiger charge is 2.35. The Morgan fingerprint density at radius 2 is 1.88 bits per heavy atom. The van der Waals surface area contributed by atoms with Gasteiger partial charge in [0, 0.05) is 23.1 Å². The highest BCUT2D eigenvalue weighted by Crippen LogP contribution is 2.27. The Labute approximate surface area is 158 Å². The van der Waals surface area contributed by atoms with Gasteiger partial charge in [-0.05, 0) is 48.9 Å². The lowest BCUT2D eigenvalue weighted by atomic mass is 10.0. The molecule has 0 saturated carbocycles. The van der Waals surface area contributed by atoms with Gasteiger partial charge in [0.25, 0.3) is 0 Å². The maximum atomic E-state index is 13.4. The van der Waals surface area contributed by atoms with E-state index in [2.05, 4.69) is 21.2 Å². The smallest absolute Gasteiger partial charge is 0.227 e. The van der Waals surface area contributed by atoms with Crippen LogP contribution in [0.3, 0.4) is 0 Å². The summed E-state index contributed by atoms with van der Waals surface area (Å²) in [5.41, 5.74) is 1.20. The lowest BCUT2D eigenvalue weighted by Gasteiger charge is -2.19. The number of hydrogen-bond acceptors (Lipinski definition) is 2. The second kappa shape index (κ2) is 7.53. The fourth-order valence-electron chi connectivity index (χ4n) is 2.95. The van der Waals surface area contributed by atoms with Crippen molar-refractivity contribution in [2.75, 3.05) is 11.4 Å². The molecule has 0 aromatic heterocycles. The SMILES string of the molecule is CC(NC(=O)C1CC(=O)N(c2ccc(Br)cc2)C1)c1ccc(F)c(F)c1. The van der Waals surface area contributed by atoms with Gasteiger partial charge < -0.3 is 10.2 Å². The average molecular weight is 423 g/mol. The zero-order valence-electron chi connectivity index (χ0n) is 14.0. The van der Waals surface area contributed by atoms with Crippen LogP contribution in [0.15, 0.2) is 46.9 Å². The predicted octanol–water partition coefficient (Wildman–Crippen LogP) is 3.96. The molecule has 1 aliphatic heterocycles. The molecule has 1 fully saturated rings. The summed E-state index contributed by atoms with van der Waals surface area (Å²) >= 11 is 3.35. The van der Waals surface area contributed by atoms with Gasteiger partial charge >= 0.3 is 0 Å². The Balaban J connectivity index is 1.66. The zero-order chi connectivity index (χ0) is 18.8. The third-order valence-electron chi connectivity index (χ3n) is 4.44. The van der Waals surface area contributed by atoms with Crippen molar-refractivity contribution in [3.05, 3.63) is 64.1 Å². The summed E-state index contributed by atoms with van der Waals surface area (Å²) in [4.78, 5) is 26.3. The largest absolute Gasteiger partial charge is 0.349 e. The molecule has 0 radical (unpaired) electrons. The van der Waals surface area contributed by atoms with Crippen molar-refractivity contribution < 1.29 is 18.4 Å². The van der Waals surface area contributed by atoms with Crippen LogP contribution in [-0.2, 0) is 9.59 Å². The molecule has 0 bridgehead atoms. The lowest BCUT2D eigenvalue weighted by molar-refractivity contribution is -0.126. The Morgan fingerprint density at radius 3 is 2.54 bits per heavy atom. The van der Waals surface area contributed by atoms with Gasteiger partial charge in [-0.25, -0.2) is 8.78 Å². The van der Waals surface area contributed by atoms with E-state index in [0.717, 1.165) is 22.3 Å². The molecule has 4 nitrogen and oxygen atoms in total. The van der Waals surface area contributed by atoms with E-state index in [-0.39, 0.29) is 24.8 Å². The second-order valence-electron chi connectivity index (χ2n) is 6.29. The van der Waals surface area contributed by atoms with Crippen LogP contribution < -0.4 is 10.2 Å². The predicted molar refractivity (Wildman–Crippen MR) is 97.5 cm³/mol. The molecule has 2 atom stereocenters. The number of nitrogens with one attached hydrogen (secondary N) is 1. The van der Waals surface area contributed by atoms with Gasteiger partial charge in [0.15, 0.2) is 11.6 Å². The average Bonchev–Trinajstić information content (AvgIpc) is 3.00. The van der Waals surface area contributed by atoms with Crippen LogP contribution in [0.5, 0.6) is 0 Å². The van der Waals surface area contributed by atoms with Crippen molar-refractivity contribution in [2.24, 2.45) is 5.92 Å². The van der Waals surface area contributed by atoms with Crippen LogP contribution >= 0.6 is 15.9 Å². The van der Waals surface area contributed by atoms with Crippen molar-refractivity contribution in [2.45, 2.75) is 19.4 Å². The Bertz CT molecular complexity index is 842. The molecule has 0 aliphatic carbocycles. The number of benzene rings is 2. The maximum absolute atomic E-state index is 13.4. The number of halogens is 3. The van der Waals surface area contributed by atoms with Crippen molar-refractivity contribution in [3.8, 4) is 0 Å². The number of carbonyl (C=O) groups is 2. The summed E-state index contributed by atoms with van der Waals surface area (Å²) in [7, 11) is 0. The van der Waals surface area contributed by atoms with Crippen LogP contribution in [0, 0.1) is 17.6 Å². The number of hydrogen-bond donors (Lipinski definition) is 1. The standard InChI is InChI=1S/C19H17BrF2N2O2/c1-11(12-2-7-16(21)17(22)8-12)23-19(26)13-9-18(25)24(10-13)15-5-3-14(20)4-6-15/h2-8,11,13H,9-10H2,1H3,(H,23,26). The zero-order valence-corrected chi connectivity index (χ0v) is 15.6. The van der Waals surface area contributed by atoms with Gasteiger partial charge in [0.1, 0.15) is 0 Å². The van der Waals surface area contributed by atoms with Crippen molar-refractivity contribution in [1.29, 1.82) is 0 Å². The third-order valence-corrected chi connectivity index (χ3v) is 4.97. The minimum absolute atomic E-state index is 0.117. The molecular formula is C19H17BrF2N2O2. The number of anilines is 1. The molecule has 2 unspecified atom stereocenters.